The quantitative estimate of drug-likeness (QED) is 0.663. The molecule has 1 aromatic carbocycles. The van der Waals surface area contributed by atoms with Crippen molar-refractivity contribution in [1.82, 2.24) is 4.98 Å². The Morgan fingerprint density at radius 3 is 2.83 bits per heavy atom. The number of halogens is 1. The van der Waals surface area contributed by atoms with E-state index in [1.54, 1.807) is 0 Å². The molecule has 0 aliphatic rings. The average molecular weight is 342 g/mol. The highest BCUT2D eigenvalue weighted by atomic mass is 79.9. The molecule has 0 spiro atoms. The molecule has 0 atom stereocenters. The topological polar surface area (TPSA) is 12.9 Å². The maximum absolute atomic E-state index is 4.78. The summed E-state index contributed by atoms with van der Waals surface area (Å²) in [6.45, 7) is 4.37. The van der Waals surface area contributed by atoms with Crippen LogP contribution in [0, 0.1) is 6.92 Å². The van der Waals surface area contributed by atoms with Crippen LogP contribution in [-0.4, -0.2) is 10.7 Å². The summed E-state index contributed by atoms with van der Waals surface area (Å²) >= 11 is 7.38. The molecule has 0 fully saturated rings. The van der Waals surface area contributed by atoms with E-state index in [1.165, 1.54) is 27.6 Å². The maximum Gasteiger partial charge on any atom is 0.103 e. The van der Waals surface area contributed by atoms with Crippen LogP contribution in [0.15, 0.2) is 28.7 Å². The fourth-order valence-corrected chi connectivity index (χ4v) is 4.09. The van der Waals surface area contributed by atoms with Crippen molar-refractivity contribution in [2.45, 2.75) is 26.0 Å². The fraction of sp³-hybridized carbons (Fsp3) is 0.357. The van der Waals surface area contributed by atoms with Crippen molar-refractivity contribution in [1.29, 1.82) is 0 Å². The SMILES string of the molecule is CCCSCc1nc(-c2ccccc2Br)c(C)s1. The normalized spacial score (nSPS) is 10.8. The number of thioether (sulfide) groups is 1. The van der Waals surface area contributed by atoms with E-state index in [0.29, 0.717) is 0 Å². The third kappa shape index (κ3) is 3.37. The lowest BCUT2D eigenvalue weighted by Gasteiger charge is -2.01. The van der Waals surface area contributed by atoms with E-state index >= 15 is 0 Å². The molecule has 0 amide bonds. The number of benzene rings is 1. The average Bonchev–Trinajstić information content (AvgIpc) is 2.71. The number of hydrogen-bond donors (Lipinski definition) is 0. The molecule has 0 saturated carbocycles. The van der Waals surface area contributed by atoms with E-state index in [2.05, 4.69) is 48.0 Å². The second kappa shape index (κ2) is 6.73. The Balaban J connectivity index is 2.22. The predicted octanol–water partition coefficient (Wildman–Crippen LogP) is 5.52. The first-order valence-corrected chi connectivity index (χ1v) is 8.77. The molecule has 1 heterocycles. The molecule has 18 heavy (non-hydrogen) atoms. The number of nitrogens with zero attached hydrogens (tertiary/aromatic N) is 1. The van der Waals surface area contributed by atoms with Gasteiger partial charge < -0.3 is 0 Å². The van der Waals surface area contributed by atoms with Gasteiger partial charge in [-0.1, -0.05) is 41.1 Å². The fourth-order valence-electron chi connectivity index (χ4n) is 1.72. The smallest absolute Gasteiger partial charge is 0.103 e. The standard InChI is InChI=1S/C14H16BrNS2/c1-3-8-17-9-13-16-14(10(2)18-13)11-6-4-5-7-12(11)15/h4-7H,3,8-9H2,1-2H3. The van der Waals surface area contributed by atoms with Crippen molar-refractivity contribution in [3.8, 4) is 11.3 Å². The Morgan fingerprint density at radius 1 is 1.33 bits per heavy atom. The first-order valence-electron chi connectivity index (χ1n) is 6.01. The zero-order valence-corrected chi connectivity index (χ0v) is 13.8. The van der Waals surface area contributed by atoms with Gasteiger partial charge in [-0.05, 0) is 25.2 Å². The third-order valence-electron chi connectivity index (χ3n) is 2.54. The van der Waals surface area contributed by atoms with Crippen LogP contribution in [0.2, 0.25) is 0 Å². The van der Waals surface area contributed by atoms with E-state index in [9.17, 15) is 0 Å². The van der Waals surface area contributed by atoms with E-state index in [1.807, 2.05) is 29.2 Å². The van der Waals surface area contributed by atoms with Gasteiger partial charge in [0.25, 0.3) is 0 Å². The summed E-state index contributed by atoms with van der Waals surface area (Å²) in [5.74, 6) is 2.24. The Bertz CT molecular complexity index is 522. The molecule has 0 aliphatic carbocycles. The molecule has 0 radical (unpaired) electrons. The van der Waals surface area contributed by atoms with E-state index < -0.39 is 0 Å². The molecule has 0 N–H and O–H groups in total. The van der Waals surface area contributed by atoms with Crippen molar-refractivity contribution in [3.05, 3.63) is 38.6 Å². The summed E-state index contributed by atoms with van der Waals surface area (Å²) in [4.78, 5) is 6.08. The van der Waals surface area contributed by atoms with Crippen LogP contribution in [0.5, 0.6) is 0 Å². The zero-order chi connectivity index (χ0) is 13.0. The number of aromatic nitrogens is 1. The molecule has 0 saturated heterocycles. The first kappa shape index (κ1) is 14.1. The summed E-state index contributed by atoms with van der Waals surface area (Å²) in [7, 11) is 0. The van der Waals surface area contributed by atoms with Gasteiger partial charge >= 0.3 is 0 Å². The molecule has 96 valence electrons. The molecular weight excluding hydrogens is 326 g/mol. The third-order valence-corrected chi connectivity index (χ3v) is 5.56. The van der Waals surface area contributed by atoms with Crippen LogP contribution in [-0.2, 0) is 5.75 Å². The van der Waals surface area contributed by atoms with Crippen LogP contribution < -0.4 is 0 Å². The van der Waals surface area contributed by atoms with Gasteiger partial charge in [-0.25, -0.2) is 4.98 Å². The minimum atomic E-state index is 1.03. The highest BCUT2D eigenvalue weighted by Gasteiger charge is 2.11. The molecule has 0 unspecified atom stereocenters. The summed E-state index contributed by atoms with van der Waals surface area (Å²) < 4.78 is 1.12. The molecular formula is C14H16BrNS2. The molecule has 0 aliphatic heterocycles. The molecule has 4 heteroatoms. The van der Waals surface area contributed by atoms with Crippen LogP contribution in [0.25, 0.3) is 11.3 Å². The van der Waals surface area contributed by atoms with Gasteiger partial charge in [-0.2, -0.15) is 11.8 Å². The van der Waals surface area contributed by atoms with Crippen molar-refractivity contribution in [2.24, 2.45) is 0 Å². The molecule has 0 bridgehead atoms. The minimum Gasteiger partial charge on any atom is -0.240 e. The predicted molar refractivity (Wildman–Crippen MR) is 86.4 cm³/mol. The van der Waals surface area contributed by atoms with Gasteiger partial charge in [-0.15, -0.1) is 11.3 Å². The van der Waals surface area contributed by atoms with Crippen molar-refractivity contribution in [3.63, 3.8) is 0 Å². The van der Waals surface area contributed by atoms with Gasteiger partial charge in [0.15, 0.2) is 0 Å². The summed E-state index contributed by atoms with van der Waals surface area (Å²) in [5.41, 5.74) is 2.32. The van der Waals surface area contributed by atoms with Crippen molar-refractivity contribution < 1.29 is 0 Å². The number of hydrogen-bond acceptors (Lipinski definition) is 3. The molecule has 1 aromatic heterocycles. The molecule has 2 aromatic rings. The summed E-state index contributed by atoms with van der Waals surface area (Å²) in [5, 5.41) is 1.23. The van der Waals surface area contributed by atoms with Gasteiger partial charge in [0, 0.05) is 20.7 Å². The Morgan fingerprint density at radius 2 is 2.11 bits per heavy atom. The van der Waals surface area contributed by atoms with Crippen LogP contribution >= 0.6 is 39.0 Å². The number of aryl methyl sites for hydroxylation is 1. The van der Waals surface area contributed by atoms with Crippen molar-refractivity contribution >= 4 is 39.0 Å². The highest BCUT2D eigenvalue weighted by molar-refractivity contribution is 9.10. The van der Waals surface area contributed by atoms with Gasteiger partial charge in [0.05, 0.1) is 5.69 Å². The molecule has 2 rings (SSSR count). The number of rotatable bonds is 5. The van der Waals surface area contributed by atoms with Crippen LogP contribution in [0.1, 0.15) is 23.2 Å². The summed E-state index contributed by atoms with van der Waals surface area (Å²) in [6.07, 6.45) is 1.23. The lowest BCUT2D eigenvalue weighted by molar-refractivity contribution is 1.10. The second-order valence-electron chi connectivity index (χ2n) is 4.04. The van der Waals surface area contributed by atoms with E-state index in [-0.39, 0.29) is 0 Å². The highest BCUT2D eigenvalue weighted by Crippen LogP contribution is 2.33. The van der Waals surface area contributed by atoms with E-state index in [4.69, 9.17) is 4.98 Å². The van der Waals surface area contributed by atoms with Crippen molar-refractivity contribution in [2.75, 3.05) is 5.75 Å². The Hall–Kier alpha value is -0.320. The maximum atomic E-state index is 4.78. The minimum absolute atomic E-state index is 1.03. The lowest BCUT2D eigenvalue weighted by atomic mass is 10.1. The van der Waals surface area contributed by atoms with Gasteiger partial charge in [0.2, 0.25) is 0 Å². The Labute approximate surface area is 125 Å². The number of thiazole rings is 1. The van der Waals surface area contributed by atoms with E-state index in [0.717, 1.165) is 15.9 Å². The first-order chi connectivity index (χ1) is 8.72. The lowest BCUT2D eigenvalue weighted by Crippen LogP contribution is -1.84. The van der Waals surface area contributed by atoms with Crippen LogP contribution in [0.4, 0.5) is 0 Å². The molecule has 1 nitrogen and oxygen atoms in total. The van der Waals surface area contributed by atoms with Crippen LogP contribution in [0.3, 0.4) is 0 Å². The monoisotopic (exact) mass is 341 g/mol. The van der Waals surface area contributed by atoms with Gasteiger partial charge in [-0.3, -0.25) is 0 Å². The zero-order valence-electron chi connectivity index (χ0n) is 10.6. The van der Waals surface area contributed by atoms with Gasteiger partial charge in [0.1, 0.15) is 5.01 Å². The largest absolute Gasteiger partial charge is 0.240 e. The summed E-state index contributed by atoms with van der Waals surface area (Å²) in [6, 6.07) is 8.28. The Kier molecular flexibility index (Phi) is 5.27. The second-order valence-corrected chi connectivity index (χ2v) is 7.29.